The summed E-state index contributed by atoms with van der Waals surface area (Å²) in [6.45, 7) is 7.95. The molecule has 0 saturated heterocycles. The van der Waals surface area contributed by atoms with Gasteiger partial charge in [-0.1, -0.05) is 74.4 Å². The minimum Gasteiger partial charge on any atom is -0.463 e. The van der Waals surface area contributed by atoms with Gasteiger partial charge >= 0.3 is 5.97 Å². The van der Waals surface area contributed by atoms with E-state index in [1.54, 1.807) is 6.92 Å². The summed E-state index contributed by atoms with van der Waals surface area (Å²) < 4.78 is 4.84. The number of nitrogens with one attached hydrogen (secondary N) is 2. The maximum atomic E-state index is 13.3. The van der Waals surface area contributed by atoms with Crippen molar-refractivity contribution in [1.82, 2.24) is 10.6 Å². The highest BCUT2D eigenvalue weighted by atomic mass is 32.2. The van der Waals surface area contributed by atoms with E-state index in [0.717, 1.165) is 36.8 Å². The first-order valence-corrected chi connectivity index (χ1v) is 13.7. The predicted molar refractivity (Wildman–Crippen MR) is 144 cm³/mol. The number of benzene rings is 1. The van der Waals surface area contributed by atoms with Crippen molar-refractivity contribution in [3.63, 3.8) is 0 Å². The van der Waals surface area contributed by atoms with Crippen LogP contribution in [0.25, 0.3) is 0 Å². The van der Waals surface area contributed by atoms with E-state index in [4.69, 9.17) is 4.74 Å². The molecule has 1 fully saturated rings. The Balaban J connectivity index is 2.06. The van der Waals surface area contributed by atoms with Gasteiger partial charge in [-0.05, 0) is 44.6 Å². The molecule has 0 spiro atoms. The number of hydrogen-bond acceptors (Lipinski definition) is 6. The summed E-state index contributed by atoms with van der Waals surface area (Å²) in [7, 11) is 0. The quantitative estimate of drug-likeness (QED) is 0.290. The molecule has 0 radical (unpaired) electrons. The Bertz CT molecular complexity index is 907. The topological polar surface area (TPSA) is 102 Å². The molecule has 198 valence electrons. The highest BCUT2D eigenvalue weighted by Gasteiger charge is 2.30. The van der Waals surface area contributed by atoms with Crippen LogP contribution in [0.4, 0.5) is 4.79 Å². The smallest absolute Gasteiger partial charge is 0.330 e. The van der Waals surface area contributed by atoms with Gasteiger partial charge in [0.05, 0.1) is 12.6 Å². The fourth-order valence-corrected chi connectivity index (χ4v) is 5.29. The molecule has 1 aliphatic carbocycles. The summed E-state index contributed by atoms with van der Waals surface area (Å²) in [6, 6.07) is 7.22. The minimum atomic E-state index is -0.650. The number of amides is 2. The van der Waals surface area contributed by atoms with Crippen LogP contribution in [-0.2, 0) is 25.5 Å². The minimum absolute atomic E-state index is 0.0124. The Hall–Kier alpha value is -2.61. The summed E-state index contributed by atoms with van der Waals surface area (Å²) in [5, 5.41) is 5.86. The fourth-order valence-electron chi connectivity index (χ4n) is 4.22. The number of Topliss-reactive ketones (excluding diaryl/α,β-unsaturated/α-hetero) is 1. The van der Waals surface area contributed by atoms with E-state index < -0.39 is 17.9 Å². The van der Waals surface area contributed by atoms with Gasteiger partial charge in [-0.2, -0.15) is 0 Å². The Morgan fingerprint density at radius 2 is 1.78 bits per heavy atom. The van der Waals surface area contributed by atoms with Crippen LogP contribution < -0.4 is 10.6 Å². The molecule has 1 aromatic carbocycles. The second kappa shape index (κ2) is 15.5. The first kappa shape index (κ1) is 29.6. The third kappa shape index (κ3) is 10.6. The van der Waals surface area contributed by atoms with Gasteiger partial charge in [0.15, 0.2) is 5.78 Å². The average molecular weight is 517 g/mol. The number of thioether (sulfide) groups is 1. The van der Waals surface area contributed by atoms with E-state index in [9.17, 15) is 19.2 Å². The molecule has 1 aliphatic rings. The first-order valence-electron chi connectivity index (χ1n) is 12.9. The van der Waals surface area contributed by atoms with Crippen molar-refractivity contribution >= 4 is 34.7 Å². The van der Waals surface area contributed by atoms with Crippen LogP contribution in [0.15, 0.2) is 36.4 Å². The summed E-state index contributed by atoms with van der Waals surface area (Å²) >= 11 is 1.29. The predicted octanol–water partition coefficient (Wildman–Crippen LogP) is 4.76. The van der Waals surface area contributed by atoms with Gasteiger partial charge in [-0.15, -0.1) is 0 Å². The van der Waals surface area contributed by atoms with Crippen molar-refractivity contribution in [2.75, 3.05) is 13.2 Å². The van der Waals surface area contributed by atoms with Gasteiger partial charge in [-0.25, -0.2) is 4.79 Å². The zero-order valence-corrected chi connectivity index (χ0v) is 22.7. The van der Waals surface area contributed by atoms with Crippen molar-refractivity contribution in [1.29, 1.82) is 0 Å². The monoisotopic (exact) mass is 516 g/mol. The molecule has 2 amide bonds. The summed E-state index contributed by atoms with van der Waals surface area (Å²) in [5.41, 5.74) is 2.07. The standard InChI is InChI=1S/C28H40N2O5S/c1-5-35-25(32)11-8-16-29-27(33)22(17-21-14-12-20(4)13-15-21)18-24(31)26(19(2)3)30-28(34)36-23-9-6-7-10-23/h8,11-15,19,22-23,26H,5-7,9-10,16-18H2,1-4H3,(H,29,33)(H,30,34)/b11-8+/t22-,26+/m1/s1. The van der Waals surface area contributed by atoms with E-state index in [-0.39, 0.29) is 42.4 Å². The number of esters is 1. The summed E-state index contributed by atoms with van der Waals surface area (Å²) in [6.07, 6.45) is 7.55. The van der Waals surface area contributed by atoms with Crippen molar-refractivity contribution < 1.29 is 23.9 Å². The molecule has 7 nitrogen and oxygen atoms in total. The fraction of sp³-hybridized carbons (Fsp3) is 0.571. The van der Waals surface area contributed by atoms with E-state index in [0.29, 0.717) is 11.7 Å². The average Bonchev–Trinajstić information content (AvgIpc) is 3.34. The van der Waals surface area contributed by atoms with Crippen LogP contribution in [0.2, 0.25) is 0 Å². The highest BCUT2D eigenvalue weighted by Crippen LogP contribution is 2.30. The van der Waals surface area contributed by atoms with E-state index in [2.05, 4.69) is 10.6 Å². The largest absolute Gasteiger partial charge is 0.463 e. The van der Waals surface area contributed by atoms with Crippen LogP contribution >= 0.6 is 11.8 Å². The van der Waals surface area contributed by atoms with Gasteiger partial charge in [0.1, 0.15) is 0 Å². The molecule has 36 heavy (non-hydrogen) atoms. The van der Waals surface area contributed by atoms with Crippen molar-refractivity contribution in [2.45, 2.75) is 77.5 Å². The van der Waals surface area contributed by atoms with Crippen LogP contribution in [0.5, 0.6) is 0 Å². The number of hydrogen-bond donors (Lipinski definition) is 2. The number of carbonyl (C=O) groups excluding carboxylic acids is 4. The summed E-state index contributed by atoms with van der Waals surface area (Å²) in [4.78, 5) is 50.5. The Morgan fingerprint density at radius 3 is 2.39 bits per heavy atom. The van der Waals surface area contributed by atoms with Gasteiger partial charge in [0, 0.05) is 30.2 Å². The molecule has 2 atom stereocenters. The number of aryl methyl sites for hydroxylation is 1. The highest BCUT2D eigenvalue weighted by molar-refractivity contribution is 8.14. The maximum absolute atomic E-state index is 13.3. The van der Waals surface area contributed by atoms with Crippen molar-refractivity contribution in [3.05, 3.63) is 47.5 Å². The third-order valence-corrected chi connectivity index (χ3v) is 7.36. The third-order valence-electron chi connectivity index (χ3n) is 6.22. The first-order chi connectivity index (χ1) is 17.2. The number of rotatable bonds is 13. The Morgan fingerprint density at radius 1 is 1.11 bits per heavy atom. The molecule has 0 unspecified atom stereocenters. The lowest BCUT2D eigenvalue weighted by Crippen LogP contribution is -2.45. The molecule has 0 bridgehead atoms. The SMILES string of the molecule is CCOC(=O)/C=C/CNC(=O)[C@@H](CC(=O)[C@@H](NC(=O)SC1CCCC1)C(C)C)Cc1ccc(C)cc1. The second-order valence-electron chi connectivity index (χ2n) is 9.63. The Kier molecular flexibility index (Phi) is 12.7. The van der Waals surface area contributed by atoms with Crippen molar-refractivity contribution in [2.24, 2.45) is 11.8 Å². The lowest BCUT2D eigenvalue weighted by atomic mass is 9.88. The number of carbonyl (C=O) groups is 4. The number of ether oxygens (including phenoxy) is 1. The second-order valence-corrected chi connectivity index (χ2v) is 10.9. The molecule has 0 aromatic heterocycles. The molecular formula is C28H40N2O5S. The van der Waals surface area contributed by atoms with Gasteiger partial charge in [-0.3, -0.25) is 14.4 Å². The van der Waals surface area contributed by atoms with Crippen LogP contribution in [0.3, 0.4) is 0 Å². The molecule has 2 rings (SSSR count). The van der Waals surface area contributed by atoms with E-state index >= 15 is 0 Å². The lowest BCUT2D eigenvalue weighted by molar-refractivity contribution is -0.137. The van der Waals surface area contributed by atoms with Crippen molar-refractivity contribution in [3.8, 4) is 0 Å². The molecule has 0 heterocycles. The Labute approximate surface area is 219 Å². The van der Waals surface area contributed by atoms with Gasteiger partial charge < -0.3 is 15.4 Å². The van der Waals surface area contributed by atoms with Crippen LogP contribution in [0, 0.1) is 18.8 Å². The zero-order valence-electron chi connectivity index (χ0n) is 21.9. The molecule has 8 heteroatoms. The normalized spacial score (nSPS) is 15.6. The lowest BCUT2D eigenvalue weighted by Gasteiger charge is -2.24. The van der Waals surface area contributed by atoms with Gasteiger partial charge in [0.2, 0.25) is 5.91 Å². The molecular weight excluding hydrogens is 476 g/mol. The molecule has 1 aromatic rings. The van der Waals surface area contributed by atoms with Crippen LogP contribution in [0.1, 0.15) is 64.0 Å². The molecule has 0 aliphatic heterocycles. The molecule has 1 saturated carbocycles. The zero-order chi connectivity index (χ0) is 26.5. The van der Waals surface area contributed by atoms with Gasteiger partial charge in [0.25, 0.3) is 5.24 Å². The van der Waals surface area contributed by atoms with Crippen LogP contribution in [-0.4, -0.2) is 47.3 Å². The molecule has 2 N–H and O–H groups in total. The number of ketones is 1. The summed E-state index contributed by atoms with van der Waals surface area (Å²) in [5.74, 6) is -1.59. The maximum Gasteiger partial charge on any atom is 0.330 e. The van der Waals surface area contributed by atoms with E-state index in [1.807, 2.05) is 45.0 Å². The van der Waals surface area contributed by atoms with E-state index in [1.165, 1.54) is 23.9 Å².